The number of likely N-dealkylation sites (tertiary alicyclic amines) is 1. The molecule has 0 bridgehead atoms. The highest BCUT2D eigenvalue weighted by Crippen LogP contribution is 2.47. The average molecular weight is 508 g/mol. The molecule has 4 rings (SSSR count). The van der Waals surface area contributed by atoms with Crippen LogP contribution in [0.5, 0.6) is 0 Å². The van der Waals surface area contributed by atoms with Crippen molar-refractivity contribution in [1.82, 2.24) is 15.1 Å². The summed E-state index contributed by atoms with van der Waals surface area (Å²) in [6.45, 7) is 7.73. The van der Waals surface area contributed by atoms with E-state index in [-0.39, 0.29) is 17.0 Å². The molecule has 2 aromatic carbocycles. The summed E-state index contributed by atoms with van der Waals surface area (Å²) in [5.74, 6) is -2.00. The zero-order valence-electron chi connectivity index (χ0n) is 21.8. The van der Waals surface area contributed by atoms with Crippen LogP contribution >= 0.6 is 0 Å². The molecule has 196 valence electrons. The maximum Gasteiger partial charge on any atom is 0.262 e. The molecular weight excluding hydrogens is 473 g/mol. The van der Waals surface area contributed by atoms with Crippen LogP contribution in [0.2, 0.25) is 0 Å². The topological polar surface area (TPSA) is 86.8 Å². The third kappa shape index (κ3) is 4.32. The van der Waals surface area contributed by atoms with Gasteiger partial charge in [-0.2, -0.15) is 0 Å². The fourth-order valence-corrected chi connectivity index (χ4v) is 6.12. The number of fused-ring (bicyclic) bond motifs is 1. The minimum absolute atomic E-state index is 0.129. The minimum atomic E-state index is -1.09. The van der Waals surface area contributed by atoms with Gasteiger partial charge in [0, 0.05) is 12.6 Å². The van der Waals surface area contributed by atoms with E-state index in [0.717, 1.165) is 4.90 Å². The number of hydrogen-bond donors (Lipinski definition) is 1. The van der Waals surface area contributed by atoms with E-state index in [1.165, 1.54) is 12.1 Å². The molecule has 2 aromatic rings. The highest BCUT2D eigenvalue weighted by molar-refractivity contribution is 6.22. The van der Waals surface area contributed by atoms with Crippen LogP contribution in [0, 0.1) is 11.2 Å². The second kappa shape index (κ2) is 10.4. The number of benzene rings is 2. The molecule has 0 radical (unpaired) electrons. The number of nitrogens with one attached hydrogen (secondary N) is 1. The van der Waals surface area contributed by atoms with Crippen molar-refractivity contribution in [3.05, 3.63) is 71.0 Å². The highest BCUT2D eigenvalue weighted by Gasteiger charge is 2.53. The molecule has 2 heterocycles. The van der Waals surface area contributed by atoms with E-state index in [2.05, 4.69) is 5.32 Å². The van der Waals surface area contributed by atoms with E-state index in [9.17, 15) is 23.6 Å². The first kappa shape index (κ1) is 26.5. The molecular formula is C29H34FN3O4. The Morgan fingerprint density at radius 3 is 2.16 bits per heavy atom. The summed E-state index contributed by atoms with van der Waals surface area (Å²) in [4.78, 5) is 56.7. The van der Waals surface area contributed by atoms with Gasteiger partial charge in [-0.3, -0.25) is 24.1 Å². The van der Waals surface area contributed by atoms with Crippen molar-refractivity contribution in [2.45, 2.75) is 71.5 Å². The van der Waals surface area contributed by atoms with Crippen molar-refractivity contribution in [3.63, 3.8) is 0 Å². The van der Waals surface area contributed by atoms with Crippen molar-refractivity contribution in [2.24, 2.45) is 5.41 Å². The second-order valence-corrected chi connectivity index (χ2v) is 9.83. The summed E-state index contributed by atoms with van der Waals surface area (Å²) in [6, 6.07) is 10.6. The van der Waals surface area contributed by atoms with Gasteiger partial charge in [-0.05, 0) is 69.4 Å². The van der Waals surface area contributed by atoms with E-state index < -0.39 is 47.1 Å². The van der Waals surface area contributed by atoms with Gasteiger partial charge in [0.15, 0.2) is 0 Å². The fourth-order valence-electron chi connectivity index (χ4n) is 6.12. The molecule has 0 aromatic heterocycles. The Hall–Kier alpha value is -3.55. The van der Waals surface area contributed by atoms with Gasteiger partial charge < -0.3 is 10.2 Å². The summed E-state index contributed by atoms with van der Waals surface area (Å²) in [5.41, 5.74) is 0.300. The molecule has 0 unspecified atom stereocenters. The van der Waals surface area contributed by atoms with Gasteiger partial charge in [0.2, 0.25) is 11.8 Å². The first-order chi connectivity index (χ1) is 17.7. The lowest BCUT2D eigenvalue weighted by Crippen LogP contribution is -2.58. The van der Waals surface area contributed by atoms with E-state index in [1.807, 2.05) is 20.8 Å². The zero-order chi connectivity index (χ0) is 26.9. The van der Waals surface area contributed by atoms with Crippen molar-refractivity contribution < 1.29 is 23.6 Å². The Balaban J connectivity index is 1.77. The molecule has 1 saturated heterocycles. The smallest absolute Gasteiger partial charge is 0.262 e. The molecule has 37 heavy (non-hydrogen) atoms. The van der Waals surface area contributed by atoms with E-state index in [1.54, 1.807) is 48.2 Å². The predicted molar refractivity (Wildman–Crippen MR) is 137 cm³/mol. The quantitative estimate of drug-likeness (QED) is 0.534. The van der Waals surface area contributed by atoms with Crippen LogP contribution in [-0.4, -0.2) is 52.1 Å². The molecule has 1 N–H and O–H groups in total. The number of imide groups is 1. The molecule has 8 heteroatoms. The lowest BCUT2D eigenvalue weighted by molar-refractivity contribution is -0.146. The van der Waals surface area contributed by atoms with Crippen LogP contribution in [0.1, 0.15) is 85.7 Å². The third-order valence-corrected chi connectivity index (χ3v) is 8.13. The van der Waals surface area contributed by atoms with Gasteiger partial charge in [-0.25, -0.2) is 4.39 Å². The lowest BCUT2D eigenvalue weighted by atomic mass is 9.73. The normalized spacial score (nSPS) is 20.2. The van der Waals surface area contributed by atoms with Crippen LogP contribution in [-0.2, 0) is 9.59 Å². The van der Waals surface area contributed by atoms with Crippen molar-refractivity contribution in [2.75, 3.05) is 6.54 Å². The predicted octanol–water partition coefficient (Wildman–Crippen LogP) is 4.49. The van der Waals surface area contributed by atoms with Gasteiger partial charge in [-0.15, -0.1) is 0 Å². The van der Waals surface area contributed by atoms with Gasteiger partial charge in [0.05, 0.1) is 22.6 Å². The molecule has 0 spiro atoms. The summed E-state index contributed by atoms with van der Waals surface area (Å²) < 4.78 is 14.2. The van der Waals surface area contributed by atoms with Crippen molar-refractivity contribution in [3.8, 4) is 0 Å². The molecule has 0 saturated carbocycles. The van der Waals surface area contributed by atoms with Crippen molar-refractivity contribution >= 4 is 23.6 Å². The van der Waals surface area contributed by atoms with Crippen LogP contribution in [0.3, 0.4) is 0 Å². The van der Waals surface area contributed by atoms with Gasteiger partial charge in [-0.1, -0.05) is 38.1 Å². The standard InChI is InChI=1S/C29H34FN3O4/c1-5-29(6-2,28(37)31-7-3)24-16-15-23(19-11-10-12-20(30)17-19)33(24)25(34)18(4)32-26(35)21-13-8-9-14-22(21)27(32)36/h8-14,17-18,23-24H,5-7,15-16H2,1-4H3,(H,31,37)/t18-,23+,24-/m1/s1. The highest BCUT2D eigenvalue weighted by atomic mass is 19.1. The van der Waals surface area contributed by atoms with Crippen LogP contribution in [0.15, 0.2) is 48.5 Å². The van der Waals surface area contributed by atoms with Crippen LogP contribution < -0.4 is 5.32 Å². The van der Waals surface area contributed by atoms with E-state index in [4.69, 9.17) is 0 Å². The monoisotopic (exact) mass is 507 g/mol. The lowest BCUT2D eigenvalue weighted by Gasteiger charge is -2.44. The van der Waals surface area contributed by atoms with E-state index in [0.29, 0.717) is 37.8 Å². The summed E-state index contributed by atoms with van der Waals surface area (Å²) in [5, 5.41) is 2.94. The average Bonchev–Trinajstić information content (AvgIpc) is 3.44. The number of halogens is 1. The maximum absolute atomic E-state index is 14.3. The van der Waals surface area contributed by atoms with E-state index >= 15 is 0 Å². The number of carbonyl (C=O) groups is 4. The molecule has 2 aliphatic heterocycles. The Labute approximate surface area is 217 Å². The van der Waals surface area contributed by atoms with Gasteiger partial charge >= 0.3 is 0 Å². The minimum Gasteiger partial charge on any atom is -0.356 e. The Bertz CT molecular complexity index is 1190. The first-order valence-electron chi connectivity index (χ1n) is 13.0. The SMILES string of the molecule is CCNC(=O)C(CC)(CC)[C@H]1CC[C@@H](c2cccc(F)c2)N1C(=O)[C@@H](C)N1C(=O)c2ccccc2C1=O. The summed E-state index contributed by atoms with van der Waals surface area (Å²) >= 11 is 0. The van der Waals surface area contributed by atoms with Gasteiger partial charge in [0.25, 0.3) is 11.8 Å². The summed E-state index contributed by atoms with van der Waals surface area (Å²) in [7, 11) is 0. The maximum atomic E-state index is 14.3. The second-order valence-electron chi connectivity index (χ2n) is 9.83. The number of amides is 4. The molecule has 7 nitrogen and oxygen atoms in total. The molecule has 4 amide bonds. The Kier molecular flexibility index (Phi) is 7.48. The van der Waals surface area contributed by atoms with Crippen molar-refractivity contribution in [1.29, 1.82) is 0 Å². The number of rotatable bonds is 8. The molecule has 0 aliphatic carbocycles. The largest absolute Gasteiger partial charge is 0.356 e. The molecule has 1 fully saturated rings. The summed E-state index contributed by atoms with van der Waals surface area (Å²) in [6.07, 6.45) is 2.08. The van der Waals surface area contributed by atoms with Crippen LogP contribution in [0.25, 0.3) is 0 Å². The number of carbonyl (C=O) groups excluding carboxylic acids is 4. The third-order valence-electron chi connectivity index (χ3n) is 8.13. The Morgan fingerprint density at radius 1 is 1.00 bits per heavy atom. The first-order valence-corrected chi connectivity index (χ1v) is 13.0. The molecule has 3 atom stereocenters. The number of nitrogens with zero attached hydrogens (tertiary/aromatic N) is 2. The van der Waals surface area contributed by atoms with Crippen LogP contribution in [0.4, 0.5) is 4.39 Å². The number of hydrogen-bond acceptors (Lipinski definition) is 4. The zero-order valence-corrected chi connectivity index (χ0v) is 21.8. The Morgan fingerprint density at radius 2 is 1.62 bits per heavy atom. The van der Waals surface area contributed by atoms with Gasteiger partial charge in [0.1, 0.15) is 11.9 Å². The fraction of sp³-hybridized carbons (Fsp3) is 0.448. The molecule has 2 aliphatic rings.